The van der Waals surface area contributed by atoms with E-state index in [-0.39, 0.29) is 5.91 Å². The topological polar surface area (TPSA) is 74.8 Å². The molecule has 0 bridgehead atoms. The van der Waals surface area contributed by atoms with Crippen LogP contribution in [0, 0.1) is 0 Å². The van der Waals surface area contributed by atoms with Gasteiger partial charge in [0.2, 0.25) is 5.91 Å². The van der Waals surface area contributed by atoms with E-state index in [1.54, 1.807) is 19.2 Å². The predicted molar refractivity (Wildman–Crippen MR) is 74.7 cm³/mol. The van der Waals surface area contributed by atoms with E-state index in [0.29, 0.717) is 5.82 Å². The van der Waals surface area contributed by atoms with Gasteiger partial charge in [-0.05, 0) is 12.1 Å². The highest BCUT2D eigenvalue weighted by atomic mass is 16.5. The van der Waals surface area contributed by atoms with Crippen LogP contribution in [0.2, 0.25) is 0 Å². The summed E-state index contributed by atoms with van der Waals surface area (Å²) in [6.45, 7) is 4.59. The quantitative estimate of drug-likeness (QED) is 0.871. The monoisotopic (exact) mass is 278 g/mol. The van der Waals surface area contributed by atoms with E-state index in [1.807, 2.05) is 11.0 Å². The van der Waals surface area contributed by atoms with E-state index in [0.717, 1.165) is 31.9 Å². The number of pyridine rings is 1. The molecule has 1 fully saturated rings. The van der Waals surface area contributed by atoms with Crippen LogP contribution in [-0.2, 0) is 9.53 Å². The summed E-state index contributed by atoms with van der Waals surface area (Å²) < 4.78 is 4.50. The fourth-order valence-corrected chi connectivity index (χ4v) is 2.08. The largest absolute Gasteiger partial charge is 0.453 e. The van der Waals surface area contributed by atoms with Crippen LogP contribution in [0.4, 0.5) is 16.3 Å². The molecule has 20 heavy (non-hydrogen) atoms. The Balaban J connectivity index is 1.94. The molecule has 2 heterocycles. The second-order valence-electron chi connectivity index (χ2n) is 4.51. The van der Waals surface area contributed by atoms with Crippen molar-refractivity contribution < 1.29 is 14.3 Å². The molecule has 0 aromatic carbocycles. The predicted octanol–water partition coefficient (Wildman–Crippen LogP) is 0.928. The van der Waals surface area contributed by atoms with Crippen LogP contribution in [0.25, 0.3) is 0 Å². The highest BCUT2D eigenvalue weighted by molar-refractivity contribution is 5.83. The van der Waals surface area contributed by atoms with Crippen molar-refractivity contribution in [2.75, 3.05) is 43.5 Å². The minimum Gasteiger partial charge on any atom is -0.453 e. The molecule has 0 spiro atoms. The number of aromatic nitrogens is 1. The number of nitrogens with zero attached hydrogens (tertiary/aromatic N) is 3. The second kappa shape index (κ2) is 6.23. The van der Waals surface area contributed by atoms with E-state index in [2.05, 4.69) is 19.9 Å². The van der Waals surface area contributed by atoms with Crippen molar-refractivity contribution in [3.8, 4) is 0 Å². The van der Waals surface area contributed by atoms with E-state index in [4.69, 9.17) is 0 Å². The van der Waals surface area contributed by atoms with Gasteiger partial charge in [-0.2, -0.15) is 0 Å². The number of amides is 2. The van der Waals surface area contributed by atoms with E-state index >= 15 is 0 Å². The third kappa shape index (κ3) is 3.37. The number of ether oxygens (including phenoxy) is 1. The molecule has 1 aliphatic heterocycles. The van der Waals surface area contributed by atoms with Crippen LogP contribution < -0.4 is 10.2 Å². The Morgan fingerprint density at radius 2 is 1.95 bits per heavy atom. The van der Waals surface area contributed by atoms with Gasteiger partial charge < -0.3 is 14.5 Å². The first-order valence-corrected chi connectivity index (χ1v) is 6.41. The molecule has 0 radical (unpaired) electrons. The van der Waals surface area contributed by atoms with Gasteiger partial charge in [-0.1, -0.05) is 0 Å². The minimum absolute atomic E-state index is 0.111. The lowest BCUT2D eigenvalue weighted by Crippen LogP contribution is -2.48. The Bertz CT molecular complexity index is 481. The van der Waals surface area contributed by atoms with Gasteiger partial charge in [0, 0.05) is 33.1 Å². The number of anilines is 2. The van der Waals surface area contributed by atoms with Crippen molar-refractivity contribution in [1.29, 1.82) is 0 Å². The highest BCUT2D eigenvalue weighted by Crippen LogP contribution is 2.17. The van der Waals surface area contributed by atoms with Gasteiger partial charge in [-0.25, -0.2) is 9.78 Å². The molecule has 2 rings (SSSR count). The number of piperazine rings is 1. The maximum absolute atomic E-state index is 11.3. The van der Waals surface area contributed by atoms with Gasteiger partial charge in [0.1, 0.15) is 5.82 Å². The lowest BCUT2D eigenvalue weighted by atomic mass is 10.2. The normalized spacial score (nSPS) is 14.9. The Hall–Kier alpha value is -2.31. The number of rotatable bonds is 2. The van der Waals surface area contributed by atoms with Gasteiger partial charge >= 0.3 is 6.09 Å². The third-order valence-electron chi connectivity index (χ3n) is 3.25. The average Bonchev–Trinajstić information content (AvgIpc) is 2.48. The summed E-state index contributed by atoms with van der Waals surface area (Å²) in [5.41, 5.74) is 0.976. The van der Waals surface area contributed by atoms with Crippen LogP contribution in [-0.4, -0.2) is 55.2 Å². The van der Waals surface area contributed by atoms with Crippen LogP contribution in [0.3, 0.4) is 0 Å². The van der Waals surface area contributed by atoms with Crippen molar-refractivity contribution >= 4 is 23.5 Å². The molecule has 0 aliphatic carbocycles. The van der Waals surface area contributed by atoms with Gasteiger partial charge in [0.05, 0.1) is 19.0 Å². The molecule has 1 saturated heterocycles. The van der Waals surface area contributed by atoms with Gasteiger partial charge in [-0.15, -0.1) is 0 Å². The number of hydrogen-bond donors (Lipinski definition) is 1. The van der Waals surface area contributed by atoms with Crippen molar-refractivity contribution in [1.82, 2.24) is 9.88 Å². The molecular weight excluding hydrogens is 260 g/mol. The molecule has 7 nitrogen and oxygen atoms in total. The van der Waals surface area contributed by atoms with Crippen LogP contribution in [0.5, 0.6) is 0 Å². The highest BCUT2D eigenvalue weighted by Gasteiger charge is 2.18. The molecule has 2 amide bonds. The summed E-state index contributed by atoms with van der Waals surface area (Å²) >= 11 is 0. The molecular formula is C13H18N4O3. The Labute approximate surface area is 117 Å². The third-order valence-corrected chi connectivity index (χ3v) is 3.25. The zero-order valence-corrected chi connectivity index (χ0v) is 11.6. The van der Waals surface area contributed by atoms with Crippen molar-refractivity contribution in [2.45, 2.75) is 6.92 Å². The summed E-state index contributed by atoms with van der Waals surface area (Å²) in [6, 6.07) is 3.62. The lowest BCUT2D eigenvalue weighted by molar-refractivity contribution is -0.129. The fraction of sp³-hybridized carbons (Fsp3) is 0.462. The van der Waals surface area contributed by atoms with Crippen molar-refractivity contribution in [3.05, 3.63) is 18.3 Å². The summed E-state index contributed by atoms with van der Waals surface area (Å²) in [5, 5.41) is 2.50. The summed E-state index contributed by atoms with van der Waals surface area (Å²) in [6.07, 6.45) is 1.16. The van der Waals surface area contributed by atoms with Crippen molar-refractivity contribution in [2.24, 2.45) is 0 Å². The lowest BCUT2D eigenvalue weighted by Gasteiger charge is -2.35. The zero-order chi connectivity index (χ0) is 14.5. The molecule has 0 saturated carbocycles. The van der Waals surface area contributed by atoms with Gasteiger partial charge in [0.15, 0.2) is 0 Å². The molecule has 0 atom stereocenters. The number of carbonyl (C=O) groups excluding carboxylic acids is 2. The number of nitrogens with one attached hydrogen (secondary N) is 1. The molecule has 108 valence electrons. The van der Waals surface area contributed by atoms with E-state index in [9.17, 15) is 9.59 Å². The van der Waals surface area contributed by atoms with Gasteiger partial charge in [-0.3, -0.25) is 10.1 Å². The molecule has 1 N–H and O–H groups in total. The maximum Gasteiger partial charge on any atom is 0.412 e. The molecule has 1 aromatic heterocycles. The average molecular weight is 278 g/mol. The Morgan fingerprint density at radius 1 is 1.25 bits per heavy atom. The minimum atomic E-state index is -0.541. The summed E-state index contributed by atoms with van der Waals surface area (Å²) in [4.78, 5) is 30.5. The number of methoxy groups -OCH3 is 1. The Morgan fingerprint density at radius 3 is 2.45 bits per heavy atom. The second-order valence-corrected chi connectivity index (χ2v) is 4.51. The first-order chi connectivity index (χ1) is 9.60. The van der Waals surface area contributed by atoms with Gasteiger partial charge in [0.25, 0.3) is 0 Å². The van der Waals surface area contributed by atoms with Crippen molar-refractivity contribution in [3.63, 3.8) is 0 Å². The smallest absolute Gasteiger partial charge is 0.412 e. The first-order valence-electron chi connectivity index (χ1n) is 6.41. The van der Waals surface area contributed by atoms with Crippen LogP contribution in [0.1, 0.15) is 6.92 Å². The standard InChI is InChI=1S/C13H18N4O3/c1-10(18)16-5-7-17(8-6-16)11-3-4-12(14-9-11)15-13(19)20-2/h3-4,9H,5-8H2,1-2H3,(H,14,15,19). The summed E-state index contributed by atoms with van der Waals surface area (Å²) in [7, 11) is 1.30. The zero-order valence-electron chi connectivity index (χ0n) is 11.6. The van der Waals surface area contributed by atoms with Crippen LogP contribution >= 0.6 is 0 Å². The number of hydrogen-bond acceptors (Lipinski definition) is 5. The fourth-order valence-electron chi connectivity index (χ4n) is 2.08. The van der Waals surface area contributed by atoms with Crippen LogP contribution in [0.15, 0.2) is 18.3 Å². The Kier molecular flexibility index (Phi) is 4.39. The maximum atomic E-state index is 11.3. The molecule has 0 unspecified atom stereocenters. The van der Waals surface area contributed by atoms with E-state index in [1.165, 1.54) is 7.11 Å². The first kappa shape index (κ1) is 14.1. The molecule has 7 heteroatoms. The molecule has 1 aromatic rings. The van der Waals surface area contributed by atoms with E-state index < -0.39 is 6.09 Å². The number of carbonyl (C=O) groups is 2. The molecule has 1 aliphatic rings. The summed E-state index contributed by atoms with van der Waals surface area (Å²) in [5.74, 6) is 0.559. The SMILES string of the molecule is COC(=O)Nc1ccc(N2CCN(C(C)=O)CC2)cn1.